The molecule has 2 unspecified atom stereocenters. The fraction of sp³-hybridized carbons (Fsp3) is 0.600. The predicted molar refractivity (Wildman–Crippen MR) is 71.6 cm³/mol. The van der Waals surface area contributed by atoms with E-state index in [1.807, 2.05) is 0 Å². The molecule has 0 spiro atoms. The summed E-state index contributed by atoms with van der Waals surface area (Å²) in [4.78, 5) is 0. The van der Waals surface area contributed by atoms with Gasteiger partial charge in [0.25, 0.3) is 0 Å². The zero-order chi connectivity index (χ0) is 11.5. The molecule has 0 aromatic heterocycles. The first-order valence-electron chi connectivity index (χ1n) is 4.88. The highest BCUT2D eigenvalue weighted by Gasteiger charge is 1.99. The highest BCUT2D eigenvalue weighted by Crippen LogP contribution is 2.17. The van der Waals surface area contributed by atoms with Crippen molar-refractivity contribution in [2.45, 2.75) is 24.9 Å². The third-order valence-electron chi connectivity index (χ3n) is 1.77. The fourth-order valence-corrected chi connectivity index (χ4v) is 2.26. The first kappa shape index (κ1) is 15.1. The molecule has 3 nitrogen and oxygen atoms in total. The van der Waals surface area contributed by atoms with Crippen molar-refractivity contribution in [3.63, 3.8) is 0 Å². The van der Waals surface area contributed by atoms with Crippen molar-refractivity contribution in [1.29, 1.82) is 0 Å². The Balaban J connectivity index is 3.11. The second-order valence-corrected chi connectivity index (χ2v) is 4.92. The highest BCUT2D eigenvalue weighted by atomic mass is 32.2. The fourth-order valence-electron chi connectivity index (χ4n) is 0.706. The van der Waals surface area contributed by atoms with Crippen LogP contribution in [0.5, 0.6) is 0 Å². The largest absolute Gasteiger partial charge is 0.324 e. The van der Waals surface area contributed by atoms with Crippen molar-refractivity contribution < 1.29 is 3.63 Å². The van der Waals surface area contributed by atoms with Gasteiger partial charge in [-0.1, -0.05) is 12.2 Å². The van der Waals surface area contributed by atoms with Crippen molar-refractivity contribution in [2.24, 2.45) is 11.5 Å². The maximum atomic E-state index is 5.65. The van der Waals surface area contributed by atoms with Crippen molar-refractivity contribution in [2.75, 3.05) is 11.5 Å². The Bertz CT molecular complexity index is 161. The summed E-state index contributed by atoms with van der Waals surface area (Å²) in [6.07, 6.45) is 5.27. The Morgan fingerprint density at radius 3 is 1.73 bits per heavy atom. The summed E-state index contributed by atoms with van der Waals surface area (Å²) in [7, 11) is 0. The van der Waals surface area contributed by atoms with Crippen molar-refractivity contribution in [3.8, 4) is 0 Å². The first-order chi connectivity index (χ1) is 7.20. The summed E-state index contributed by atoms with van der Waals surface area (Å²) in [5.74, 6) is 1.77. The van der Waals surface area contributed by atoms with E-state index in [1.165, 1.54) is 24.1 Å². The molecule has 0 aromatic carbocycles. The monoisotopic (exact) mass is 248 g/mol. The number of hydrogen-bond acceptors (Lipinski definition) is 5. The van der Waals surface area contributed by atoms with E-state index >= 15 is 0 Å². The SMILES string of the molecule is C=CC(N)CCSOSCCC(N)C=C. The van der Waals surface area contributed by atoms with E-state index in [0.29, 0.717) is 0 Å². The average Bonchev–Trinajstić information content (AvgIpc) is 2.26. The van der Waals surface area contributed by atoms with Crippen molar-refractivity contribution >= 4 is 24.1 Å². The topological polar surface area (TPSA) is 61.3 Å². The molecule has 4 N–H and O–H groups in total. The zero-order valence-electron chi connectivity index (χ0n) is 8.93. The summed E-state index contributed by atoms with van der Waals surface area (Å²) in [6, 6.07) is 0.139. The molecule has 0 amide bonds. The lowest BCUT2D eigenvalue weighted by Gasteiger charge is -2.06. The Labute approximate surface area is 101 Å². The molecule has 0 aliphatic heterocycles. The predicted octanol–water partition coefficient (Wildman–Crippen LogP) is 2.11. The summed E-state index contributed by atoms with van der Waals surface area (Å²) in [5, 5.41) is 0. The van der Waals surface area contributed by atoms with Crippen LogP contribution in [0, 0.1) is 0 Å². The normalized spacial score (nSPS) is 14.5. The minimum absolute atomic E-state index is 0.0697. The van der Waals surface area contributed by atoms with E-state index in [1.54, 1.807) is 12.2 Å². The molecule has 88 valence electrons. The molecular weight excluding hydrogens is 228 g/mol. The summed E-state index contributed by atoms with van der Waals surface area (Å²) < 4.78 is 5.28. The Kier molecular flexibility index (Phi) is 10.6. The quantitative estimate of drug-likeness (QED) is 0.352. The molecule has 0 aliphatic carbocycles. The Morgan fingerprint density at radius 2 is 1.40 bits per heavy atom. The van der Waals surface area contributed by atoms with Crippen LogP contribution in [0.15, 0.2) is 25.3 Å². The molecule has 0 aliphatic rings. The minimum Gasteiger partial charge on any atom is -0.324 e. The van der Waals surface area contributed by atoms with Gasteiger partial charge in [0, 0.05) is 47.7 Å². The van der Waals surface area contributed by atoms with Crippen LogP contribution in [0.1, 0.15) is 12.8 Å². The molecule has 15 heavy (non-hydrogen) atoms. The van der Waals surface area contributed by atoms with Crippen molar-refractivity contribution in [1.82, 2.24) is 0 Å². The minimum atomic E-state index is 0.0697. The number of nitrogens with two attached hydrogens (primary N) is 2. The van der Waals surface area contributed by atoms with Gasteiger partial charge in [0.2, 0.25) is 0 Å². The van der Waals surface area contributed by atoms with Crippen LogP contribution < -0.4 is 11.5 Å². The summed E-state index contributed by atoms with van der Waals surface area (Å²) in [6.45, 7) is 7.23. The van der Waals surface area contributed by atoms with Gasteiger partial charge in [-0.05, 0) is 12.8 Å². The lowest BCUT2D eigenvalue weighted by Crippen LogP contribution is -2.17. The second kappa shape index (κ2) is 10.6. The zero-order valence-corrected chi connectivity index (χ0v) is 10.6. The molecule has 0 fully saturated rings. The van der Waals surface area contributed by atoms with Crippen LogP contribution in [-0.2, 0) is 3.63 Å². The number of rotatable bonds is 10. The lowest BCUT2D eigenvalue weighted by molar-refractivity contribution is 0.721. The second-order valence-electron chi connectivity index (χ2n) is 3.09. The summed E-state index contributed by atoms with van der Waals surface area (Å²) >= 11 is 2.85. The van der Waals surface area contributed by atoms with Gasteiger partial charge in [-0.2, -0.15) is 0 Å². The smallest absolute Gasteiger partial charge is 0.0229 e. The maximum absolute atomic E-state index is 5.65. The van der Waals surface area contributed by atoms with E-state index in [4.69, 9.17) is 15.1 Å². The average molecular weight is 248 g/mol. The molecule has 0 radical (unpaired) electrons. The molecule has 5 heteroatoms. The van der Waals surface area contributed by atoms with Crippen LogP contribution >= 0.6 is 24.1 Å². The number of hydrogen-bond donors (Lipinski definition) is 2. The van der Waals surface area contributed by atoms with Gasteiger partial charge in [-0.3, -0.25) is 0 Å². The highest BCUT2D eigenvalue weighted by molar-refractivity contribution is 8.07. The summed E-state index contributed by atoms with van der Waals surface area (Å²) in [5.41, 5.74) is 11.3. The van der Waals surface area contributed by atoms with Crippen LogP contribution in [-0.4, -0.2) is 23.6 Å². The van der Waals surface area contributed by atoms with Crippen molar-refractivity contribution in [3.05, 3.63) is 25.3 Å². The van der Waals surface area contributed by atoms with Gasteiger partial charge in [0.15, 0.2) is 0 Å². The molecule has 0 saturated heterocycles. The van der Waals surface area contributed by atoms with Gasteiger partial charge in [-0.25, -0.2) is 3.63 Å². The molecule has 2 atom stereocenters. The Morgan fingerprint density at radius 1 is 1.00 bits per heavy atom. The third-order valence-corrected chi connectivity index (χ3v) is 3.35. The van der Waals surface area contributed by atoms with Gasteiger partial charge in [-0.15, -0.1) is 13.2 Å². The van der Waals surface area contributed by atoms with E-state index in [0.717, 1.165) is 24.3 Å². The van der Waals surface area contributed by atoms with E-state index in [-0.39, 0.29) is 12.1 Å². The molecule has 0 saturated carbocycles. The first-order valence-corrected chi connectivity index (χ1v) is 6.70. The van der Waals surface area contributed by atoms with Gasteiger partial charge in [0.05, 0.1) is 0 Å². The van der Waals surface area contributed by atoms with Gasteiger partial charge < -0.3 is 11.5 Å². The third kappa shape index (κ3) is 10.3. The van der Waals surface area contributed by atoms with Crippen LogP contribution in [0.4, 0.5) is 0 Å². The van der Waals surface area contributed by atoms with Crippen LogP contribution in [0.2, 0.25) is 0 Å². The van der Waals surface area contributed by atoms with Crippen LogP contribution in [0.25, 0.3) is 0 Å². The standard InChI is InChI=1S/C10H20N2OS2/c1-3-9(11)5-7-14-13-15-8-6-10(12)4-2/h3-4,9-10H,1-2,5-8,11-12H2. The van der Waals surface area contributed by atoms with E-state index in [9.17, 15) is 0 Å². The van der Waals surface area contributed by atoms with E-state index < -0.39 is 0 Å². The molecule has 0 aromatic rings. The maximum Gasteiger partial charge on any atom is 0.0229 e. The van der Waals surface area contributed by atoms with Gasteiger partial charge >= 0.3 is 0 Å². The lowest BCUT2D eigenvalue weighted by atomic mass is 10.2. The van der Waals surface area contributed by atoms with Crippen LogP contribution in [0.3, 0.4) is 0 Å². The van der Waals surface area contributed by atoms with E-state index in [2.05, 4.69) is 13.2 Å². The molecular formula is C10H20N2OS2. The molecule has 0 heterocycles. The Hall–Kier alpha value is 0.0600. The molecule has 0 rings (SSSR count). The van der Waals surface area contributed by atoms with Gasteiger partial charge in [0.1, 0.15) is 0 Å². The molecule has 0 bridgehead atoms.